The Kier molecular flexibility index (Phi) is 8.77. The van der Waals surface area contributed by atoms with Crippen molar-refractivity contribution in [3.63, 3.8) is 0 Å². The summed E-state index contributed by atoms with van der Waals surface area (Å²) in [5.74, 6) is -0.682. The SMILES string of the molecule is COc1cc2ncnc(Nc3cc(Br)ccc3OC)c2cc1NC(=O)/C(F)=C\[C@H]1CCCN1C(=O)OC(C)(C)C. The lowest BCUT2D eigenvalue weighted by atomic mass is 10.1. The minimum atomic E-state index is -1.02. The second-order valence-corrected chi connectivity index (χ2v) is 11.0. The van der Waals surface area contributed by atoms with Crippen molar-refractivity contribution in [3.8, 4) is 11.5 Å². The van der Waals surface area contributed by atoms with Crippen molar-refractivity contribution in [2.24, 2.45) is 0 Å². The van der Waals surface area contributed by atoms with E-state index in [1.54, 1.807) is 46.1 Å². The number of nitrogens with zero attached hydrogens (tertiary/aromatic N) is 3. The maximum absolute atomic E-state index is 15.1. The maximum Gasteiger partial charge on any atom is 0.410 e. The Morgan fingerprint density at radius 3 is 2.55 bits per heavy atom. The van der Waals surface area contributed by atoms with Crippen LogP contribution in [0.2, 0.25) is 0 Å². The second-order valence-electron chi connectivity index (χ2n) is 10.1. The predicted octanol–water partition coefficient (Wildman–Crippen LogP) is 6.34. The van der Waals surface area contributed by atoms with Gasteiger partial charge < -0.3 is 29.7 Å². The Morgan fingerprint density at radius 1 is 1.10 bits per heavy atom. The molecule has 212 valence electrons. The third kappa shape index (κ3) is 6.79. The van der Waals surface area contributed by atoms with Gasteiger partial charge in [0.1, 0.15) is 29.2 Å². The topological polar surface area (TPSA) is 115 Å². The van der Waals surface area contributed by atoms with E-state index in [2.05, 4.69) is 36.5 Å². The molecule has 40 heavy (non-hydrogen) atoms. The van der Waals surface area contributed by atoms with Crippen LogP contribution in [0.4, 0.5) is 26.4 Å². The predicted molar refractivity (Wildman–Crippen MR) is 154 cm³/mol. The standard InChI is InChI=1S/C28H31BrFN5O5/c1-28(2,3)40-27(37)35-10-6-7-17(35)12-19(30)26(36)34-22-13-18-20(14-24(22)39-5)31-15-32-25(18)33-21-11-16(29)8-9-23(21)38-4/h8-9,11-15,17H,6-7,10H2,1-5H3,(H,34,36)(H,31,32,33)/b19-12+/t17-/m1/s1. The first-order valence-electron chi connectivity index (χ1n) is 12.6. The van der Waals surface area contributed by atoms with Gasteiger partial charge in [0.05, 0.1) is 37.2 Å². The number of methoxy groups -OCH3 is 2. The average molecular weight is 616 g/mol. The molecule has 2 N–H and O–H groups in total. The number of halogens is 2. The van der Waals surface area contributed by atoms with Gasteiger partial charge in [0.2, 0.25) is 0 Å². The van der Waals surface area contributed by atoms with Crippen LogP contribution in [-0.2, 0) is 9.53 Å². The van der Waals surface area contributed by atoms with Crippen LogP contribution in [-0.4, -0.2) is 59.3 Å². The minimum Gasteiger partial charge on any atom is -0.495 e. The van der Waals surface area contributed by atoms with Crippen LogP contribution in [0.5, 0.6) is 11.5 Å². The summed E-state index contributed by atoms with van der Waals surface area (Å²) in [6, 6.07) is 8.12. The lowest BCUT2D eigenvalue weighted by Crippen LogP contribution is -2.39. The normalized spacial score (nSPS) is 15.6. The van der Waals surface area contributed by atoms with E-state index >= 15 is 4.39 Å². The van der Waals surface area contributed by atoms with Crippen molar-refractivity contribution in [2.45, 2.75) is 45.3 Å². The number of aromatic nitrogens is 2. The minimum absolute atomic E-state index is 0.220. The van der Waals surface area contributed by atoms with E-state index in [1.165, 1.54) is 18.3 Å². The number of benzene rings is 2. The molecular weight excluding hydrogens is 585 g/mol. The summed E-state index contributed by atoms with van der Waals surface area (Å²) >= 11 is 3.45. The molecular formula is C28H31BrFN5O5. The molecule has 1 atom stereocenters. The van der Waals surface area contributed by atoms with Crippen molar-refractivity contribution in [1.29, 1.82) is 0 Å². The Morgan fingerprint density at radius 2 is 1.85 bits per heavy atom. The lowest BCUT2D eigenvalue weighted by molar-refractivity contribution is -0.114. The fourth-order valence-electron chi connectivity index (χ4n) is 4.30. The van der Waals surface area contributed by atoms with Crippen molar-refractivity contribution >= 4 is 56.0 Å². The van der Waals surface area contributed by atoms with Gasteiger partial charge in [-0.05, 0) is 64.0 Å². The van der Waals surface area contributed by atoms with Crippen LogP contribution >= 0.6 is 15.9 Å². The monoisotopic (exact) mass is 615 g/mol. The van der Waals surface area contributed by atoms with Gasteiger partial charge in [0.15, 0.2) is 5.83 Å². The highest BCUT2D eigenvalue weighted by atomic mass is 79.9. The maximum atomic E-state index is 15.1. The summed E-state index contributed by atoms with van der Waals surface area (Å²) in [4.78, 5) is 35.5. The van der Waals surface area contributed by atoms with Gasteiger partial charge in [-0.15, -0.1) is 0 Å². The van der Waals surface area contributed by atoms with E-state index < -0.39 is 29.5 Å². The molecule has 2 aromatic carbocycles. The van der Waals surface area contributed by atoms with Crippen LogP contribution in [0, 0.1) is 0 Å². The number of carbonyl (C=O) groups excluding carboxylic acids is 2. The van der Waals surface area contributed by atoms with E-state index in [-0.39, 0.29) is 11.4 Å². The molecule has 0 radical (unpaired) electrons. The zero-order valence-corrected chi connectivity index (χ0v) is 24.5. The molecule has 1 aromatic heterocycles. The molecule has 2 heterocycles. The number of fused-ring (bicyclic) bond motifs is 1. The van der Waals surface area contributed by atoms with Crippen LogP contribution in [0.3, 0.4) is 0 Å². The molecule has 1 aliphatic rings. The molecule has 2 amide bonds. The van der Waals surface area contributed by atoms with Crippen LogP contribution in [0.15, 0.2) is 53.0 Å². The molecule has 0 unspecified atom stereocenters. The molecule has 0 aliphatic carbocycles. The van der Waals surface area contributed by atoms with Crippen molar-refractivity contribution < 1.29 is 28.2 Å². The molecule has 0 saturated carbocycles. The van der Waals surface area contributed by atoms with E-state index in [0.29, 0.717) is 47.5 Å². The zero-order chi connectivity index (χ0) is 29.0. The van der Waals surface area contributed by atoms with Crippen molar-refractivity contribution in [1.82, 2.24) is 14.9 Å². The highest BCUT2D eigenvalue weighted by Crippen LogP contribution is 2.36. The molecule has 1 fully saturated rings. The molecule has 1 aliphatic heterocycles. The van der Waals surface area contributed by atoms with Gasteiger partial charge in [-0.3, -0.25) is 4.79 Å². The number of rotatable bonds is 7. The van der Waals surface area contributed by atoms with E-state index in [4.69, 9.17) is 14.2 Å². The number of amides is 2. The van der Waals surface area contributed by atoms with Gasteiger partial charge in [-0.2, -0.15) is 0 Å². The zero-order valence-electron chi connectivity index (χ0n) is 22.9. The Bertz CT molecular complexity index is 1460. The number of ether oxygens (including phenoxy) is 3. The van der Waals surface area contributed by atoms with Crippen molar-refractivity contribution in [3.05, 3.63) is 53.0 Å². The summed E-state index contributed by atoms with van der Waals surface area (Å²) in [6.45, 7) is 5.70. The fourth-order valence-corrected chi connectivity index (χ4v) is 4.66. The summed E-state index contributed by atoms with van der Waals surface area (Å²) in [7, 11) is 3.00. The summed E-state index contributed by atoms with van der Waals surface area (Å²) < 4.78 is 32.3. The van der Waals surface area contributed by atoms with Crippen molar-refractivity contribution in [2.75, 3.05) is 31.4 Å². The number of hydrogen-bond donors (Lipinski definition) is 2. The Balaban J connectivity index is 1.60. The molecule has 0 bridgehead atoms. The van der Waals surface area contributed by atoms with Gasteiger partial charge in [-0.25, -0.2) is 19.2 Å². The molecule has 4 rings (SSSR count). The number of anilines is 3. The largest absolute Gasteiger partial charge is 0.495 e. The summed E-state index contributed by atoms with van der Waals surface area (Å²) in [5, 5.41) is 6.36. The summed E-state index contributed by atoms with van der Waals surface area (Å²) in [6.07, 6.45) is 3.19. The number of nitrogens with one attached hydrogen (secondary N) is 2. The fraction of sp³-hybridized carbons (Fsp3) is 0.357. The number of likely N-dealkylation sites (tertiary alicyclic amines) is 1. The van der Waals surface area contributed by atoms with Gasteiger partial charge in [0.25, 0.3) is 5.91 Å². The van der Waals surface area contributed by atoms with Gasteiger partial charge >= 0.3 is 6.09 Å². The van der Waals surface area contributed by atoms with Gasteiger partial charge in [-0.1, -0.05) is 15.9 Å². The molecule has 10 nitrogen and oxygen atoms in total. The van der Waals surface area contributed by atoms with Gasteiger partial charge in [0, 0.05) is 22.5 Å². The number of hydrogen-bond acceptors (Lipinski definition) is 8. The first kappa shape index (κ1) is 29.1. The van der Waals surface area contributed by atoms with Crippen LogP contribution in [0.25, 0.3) is 10.9 Å². The highest BCUT2D eigenvalue weighted by Gasteiger charge is 2.32. The third-order valence-electron chi connectivity index (χ3n) is 6.10. The Labute approximate surface area is 240 Å². The van der Waals surface area contributed by atoms with E-state index in [1.807, 2.05) is 12.1 Å². The molecule has 0 spiro atoms. The Hall–Kier alpha value is -3.93. The smallest absolute Gasteiger partial charge is 0.410 e. The lowest BCUT2D eigenvalue weighted by Gasteiger charge is -2.27. The molecule has 12 heteroatoms. The first-order valence-corrected chi connectivity index (χ1v) is 13.4. The molecule has 1 saturated heterocycles. The van der Waals surface area contributed by atoms with E-state index in [9.17, 15) is 9.59 Å². The second kappa shape index (κ2) is 12.1. The van der Waals surface area contributed by atoms with Crippen LogP contribution < -0.4 is 20.1 Å². The quantitative estimate of drug-likeness (QED) is 0.296. The van der Waals surface area contributed by atoms with Crippen LogP contribution in [0.1, 0.15) is 33.6 Å². The highest BCUT2D eigenvalue weighted by molar-refractivity contribution is 9.10. The average Bonchev–Trinajstić information content (AvgIpc) is 3.36. The first-order chi connectivity index (χ1) is 19.0. The van der Waals surface area contributed by atoms with E-state index in [0.717, 1.165) is 10.5 Å². The summed E-state index contributed by atoms with van der Waals surface area (Å²) in [5.41, 5.74) is 0.725. The number of carbonyl (C=O) groups is 2. The third-order valence-corrected chi connectivity index (χ3v) is 6.60. The molecule has 3 aromatic rings.